The third-order valence-corrected chi connectivity index (χ3v) is 15.5. The third-order valence-electron chi connectivity index (χ3n) is 13.3. The first-order chi connectivity index (χ1) is 26.8. The van der Waals surface area contributed by atoms with Crippen LogP contribution >= 0.6 is 11.6 Å². The number of β-amino-alcohol motifs (C(OH)–C–C–N with tert-alkyl or cyclic N) is 1. The first-order valence-corrected chi connectivity index (χ1v) is 22.5. The van der Waals surface area contributed by atoms with Gasteiger partial charge in [0.2, 0.25) is 15.9 Å². The van der Waals surface area contributed by atoms with Gasteiger partial charge in [0.15, 0.2) is 0 Å². The van der Waals surface area contributed by atoms with E-state index in [1.165, 1.54) is 5.56 Å². The molecule has 2 aromatic carbocycles. The fourth-order valence-corrected chi connectivity index (χ4v) is 11.2. The van der Waals surface area contributed by atoms with Gasteiger partial charge in [0.1, 0.15) is 11.9 Å². The minimum Gasteiger partial charge on any atom is -0.483 e. The lowest BCUT2D eigenvalue weighted by Gasteiger charge is -2.51. The normalized spacial score (nSPS) is 31.1. The molecule has 308 valence electrons. The first kappa shape index (κ1) is 41.2. The van der Waals surface area contributed by atoms with Crippen LogP contribution < -0.4 is 14.4 Å². The SMILES string of the molecule is COCCOCCN1CCN(C[C@@]2(O)CCC[C@H](C)[C@@H](C)S(=O)(=O)NC(=O)c3ccc4c(c3)N(C[C@H]3CCCc5cc(Cl)ccc5C3O4)C[C@@H]3CC[C@H]32)CC1=O. The van der Waals surface area contributed by atoms with Crippen LogP contribution in [0.25, 0.3) is 0 Å². The summed E-state index contributed by atoms with van der Waals surface area (Å²) in [6.07, 6.45) is 6.15. The van der Waals surface area contributed by atoms with Crippen molar-refractivity contribution in [2.75, 3.05) is 77.6 Å². The molecule has 2 N–H and O–H groups in total. The molecular formula is C42H59ClN4O8S. The van der Waals surface area contributed by atoms with Crippen LogP contribution in [0.5, 0.6) is 5.75 Å². The van der Waals surface area contributed by atoms with Crippen LogP contribution in [0.4, 0.5) is 5.69 Å². The number of carbonyl (C=O) groups is 2. The van der Waals surface area contributed by atoms with Crippen molar-refractivity contribution in [2.45, 2.75) is 82.2 Å². The molecule has 0 radical (unpaired) electrons. The highest BCUT2D eigenvalue weighted by Crippen LogP contribution is 2.49. The van der Waals surface area contributed by atoms with Gasteiger partial charge in [-0.3, -0.25) is 14.5 Å². The largest absolute Gasteiger partial charge is 0.483 e. The zero-order valence-electron chi connectivity index (χ0n) is 33.1. The molecule has 2 aliphatic carbocycles. The Balaban J connectivity index is 1.18. The molecule has 1 saturated heterocycles. The number of aryl methyl sites for hydroxylation is 1. The lowest BCUT2D eigenvalue weighted by atomic mass is 9.62. The molecule has 2 aromatic rings. The number of nitrogens with zero attached hydrogens (tertiary/aromatic N) is 3. The van der Waals surface area contributed by atoms with E-state index in [-0.39, 0.29) is 47.8 Å². The lowest BCUT2D eigenvalue weighted by Crippen LogP contribution is -2.60. The molecule has 1 unspecified atom stereocenters. The molecule has 0 aromatic heterocycles. The summed E-state index contributed by atoms with van der Waals surface area (Å²) in [5.74, 6) is 0.0798. The Labute approximate surface area is 337 Å². The van der Waals surface area contributed by atoms with Crippen molar-refractivity contribution in [3.8, 4) is 5.75 Å². The number of ether oxygens (including phenoxy) is 3. The maximum atomic E-state index is 13.6. The van der Waals surface area contributed by atoms with Crippen molar-refractivity contribution in [3.05, 3.63) is 58.1 Å². The summed E-state index contributed by atoms with van der Waals surface area (Å²) < 4.78 is 47.1. The predicted octanol–water partition coefficient (Wildman–Crippen LogP) is 5.07. The van der Waals surface area contributed by atoms with E-state index >= 15 is 0 Å². The third kappa shape index (κ3) is 9.03. The number of hydrogen-bond donors (Lipinski definition) is 2. The molecule has 2 bridgehead atoms. The van der Waals surface area contributed by atoms with Crippen LogP contribution in [0.15, 0.2) is 36.4 Å². The molecule has 2 fully saturated rings. The maximum absolute atomic E-state index is 13.6. The Bertz CT molecular complexity index is 1850. The van der Waals surface area contributed by atoms with Crippen molar-refractivity contribution in [2.24, 2.45) is 23.7 Å². The van der Waals surface area contributed by atoms with Crippen LogP contribution in [0, 0.1) is 23.7 Å². The summed E-state index contributed by atoms with van der Waals surface area (Å²) in [7, 11) is -2.37. The van der Waals surface area contributed by atoms with Gasteiger partial charge >= 0.3 is 0 Å². The van der Waals surface area contributed by atoms with Gasteiger partial charge < -0.3 is 29.1 Å². The molecule has 12 nitrogen and oxygen atoms in total. The molecule has 7 rings (SSSR count). The van der Waals surface area contributed by atoms with Gasteiger partial charge in [-0.1, -0.05) is 31.0 Å². The number of methoxy groups -OCH3 is 1. The summed E-state index contributed by atoms with van der Waals surface area (Å²) in [5, 5.41) is 12.7. The summed E-state index contributed by atoms with van der Waals surface area (Å²) in [4.78, 5) is 33.2. The van der Waals surface area contributed by atoms with Crippen LogP contribution in [0.3, 0.4) is 0 Å². The smallest absolute Gasteiger partial charge is 0.264 e. The topological polar surface area (TPSA) is 138 Å². The highest BCUT2D eigenvalue weighted by atomic mass is 35.5. The number of halogens is 1. The van der Waals surface area contributed by atoms with Crippen LogP contribution in [0.2, 0.25) is 5.02 Å². The van der Waals surface area contributed by atoms with Crippen LogP contribution in [0.1, 0.15) is 86.4 Å². The molecule has 0 spiro atoms. The van der Waals surface area contributed by atoms with Crippen molar-refractivity contribution in [3.63, 3.8) is 0 Å². The van der Waals surface area contributed by atoms with E-state index in [1.54, 1.807) is 32.2 Å². The van der Waals surface area contributed by atoms with Crippen molar-refractivity contribution < 1.29 is 37.3 Å². The van der Waals surface area contributed by atoms with Gasteiger partial charge in [-0.15, -0.1) is 0 Å². The molecule has 3 heterocycles. The fraction of sp³-hybridized carbons (Fsp3) is 0.667. The van der Waals surface area contributed by atoms with E-state index < -0.39 is 26.8 Å². The fourth-order valence-electron chi connectivity index (χ4n) is 9.72. The highest BCUT2D eigenvalue weighted by Gasteiger charge is 2.49. The summed E-state index contributed by atoms with van der Waals surface area (Å²) >= 11 is 6.45. The van der Waals surface area contributed by atoms with Gasteiger partial charge in [0.25, 0.3) is 5.91 Å². The summed E-state index contributed by atoms with van der Waals surface area (Å²) in [6, 6.07) is 11.3. The molecule has 3 aliphatic heterocycles. The number of carbonyl (C=O) groups excluding carboxylic acids is 2. The van der Waals surface area contributed by atoms with E-state index in [1.807, 2.05) is 24.0 Å². The number of amides is 2. The minimum absolute atomic E-state index is 0.0129. The molecule has 5 aliphatic rings. The molecule has 1 saturated carbocycles. The van der Waals surface area contributed by atoms with E-state index in [0.29, 0.717) is 89.1 Å². The number of anilines is 1. The van der Waals surface area contributed by atoms with Crippen LogP contribution in [-0.4, -0.2) is 119 Å². The quantitative estimate of drug-likeness (QED) is 0.348. The molecule has 14 heteroatoms. The maximum Gasteiger partial charge on any atom is 0.264 e. The monoisotopic (exact) mass is 814 g/mol. The van der Waals surface area contributed by atoms with Gasteiger partial charge in [0, 0.05) is 62.9 Å². The molecular weight excluding hydrogens is 756 g/mol. The Kier molecular flexibility index (Phi) is 12.9. The number of fused-ring (bicyclic) bond motifs is 5. The van der Waals surface area contributed by atoms with E-state index in [2.05, 4.69) is 20.6 Å². The number of benzene rings is 2. The average molecular weight is 815 g/mol. The summed E-state index contributed by atoms with van der Waals surface area (Å²) in [5.41, 5.74) is 2.26. The number of rotatable bonds is 8. The Morgan fingerprint density at radius 1 is 0.982 bits per heavy atom. The number of piperazine rings is 1. The Morgan fingerprint density at radius 2 is 1.80 bits per heavy atom. The average Bonchev–Trinajstić information content (AvgIpc) is 3.40. The lowest BCUT2D eigenvalue weighted by molar-refractivity contribution is -0.142. The summed E-state index contributed by atoms with van der Waals surface area (Å²) in [6.45, 7) is 8.70. The molecule has 7 atom stereocenters. The van der Waals surface area contributed by atoms with Crippen molar-refractivity contribution in [1.82, 2.24) is 14.5 Å². The number of sulfonamides is 1. The second kappa shape index (κ2) is 17.5. The first-order valence-electron chi connectivity index (χ1n) is 20.5. The number of nitrogens with one attached hydrogen (secondary N) is 1. The zero-order valence-corrected chi connectivity index (χ0v) is 34.7. The predicted molar refractivity (Wildman–Crippen MR) is 216 cm³/mol. The number of aliphatic hydroxyl groups is 1. The standard InChI is InChI=1S/C42H59ClN4O8S/c1-28-6-5-15-42(50,27-45-16-17-46(39(48)26-45)18-19-54-21-20-53-3)36-13-9-32(36)24-47-25-33-8-4-7-30-22-34(43)11-12-35(30)40(33)55-38-14-10-31(23-37(38)47)41(49)44-56(51,52)29(28)2/h10-12,14,22-23,28-29,32-33,36,40,50H,4-9,13,15-21,24-27H2,1-3H3,(H,44,49)/t28-,29+,32-,33+,36+,40?,42-/m0/s1. The van der Waals surface area contributed by atoms with Crippen LogP contribution in [-0.2, 0) is 30.7 Å². The van der Waals surface area contributed by atoms with Gasteiger partial charge in [-0.2, -0.15) is 0 Å². The van der Waals surface area contributed by atoms with Crippen molar-refractivity contribution in [1.29, 1.82) is 0 Å². The van der Waals surface area contributed by atoms with Gasteiger partial charge in [-0.25, -0.2) is 13.1 Å². The van der Waals surface area contributed by atoms with Gasteiger partial charge in [0.05, 0.1) is 42.9 Å². The second-order valence-corrected chi connectivity index (χ2v) is 19.4. The Hall–Kier alpha value is -2.94. The van der Waals surface area contributed by atoms with E-state index in [4.69, 9.17) is 25.8 Å². The highest BCUT2D eigenvalue weighted by molar-refractivity contribution is 7.90. The van der Waals surface area contributed by atoms with Crippen molar-refractivity contribution >= 4 is 39.1 Å². The zero-order chi connectivity index (χ0) is 39.6. The molecule has 56 heavy (non-hydrogen) atoms. The number of hydrogen-bond acceptors (Lipinski definition) is 10. The van der Waals surface area contributed by atoms with E-state index in [9.17, 15) is 23.1 Å². The van der Waals surface area contributed by atoms with Gasteiger partial charge in [-0.05, 0) is 111 Å². The molecule has 2 amide bonds. The Morgan fingerprint density at radius 3 is 2.57 bits per heavy atom. The minimum atomic E-state index is -4.00. The van der Waals surface area contributed by atoms with E-state index in [0.717, 1.165) is 43.4 Å². The second-order valence-electron chi connectivity index (χ2n) is 16.9.